The third kappa shape index (κ3) is 4.78. The van der Waals surface area contributed by atoms with E-state index < -0.39 is 9.84 Å². The Bertz CT molecular complexity index is 301. The quantitative estimate of drug-likeness (QED) is 0.470. The lowest BCUT2D eigenvalue weighted by molar-refractivity contribution is 0.0184. The Balaban J connectivity index is 2.49. The number of sulfone groups is 1. The fourth-order valence-corrected chi connectivity index (χ4v) is 2.56. The first-order valence-electron chi connectivity index (χ1n) is 5.73. The molecule has 2 atom stereocenters. The van der Waals surface area contributed by atoms with E-state index in [0.29, 0.717) is 18.9 Å². The number of hydrazine groups is 1. The first kappa shape index (κ1) is 13.9. The van der Waals surface area contributed by atoms with Crippen LogP contribution in [0.4, 0.5) is 0 Å². The normalized spacial score (nSPS) is 20.7. The van der Waals surface area contributed by atoms with Crippen molar-refractivity contribution in [3.8, 4) is 0 Å². The van der Waals surface area contributed by atoms with Gasteiger partial charge in [0.1, 0.15) is 9.84 Å². The molecule has 1 aliphatic carbocycles. The molecule has 1 aliphatic rings. The second kappa shape index (κ2) is 5.95. The number of hydrogen-bond donors (Lipinski definition) is 2. The Morgan fingerprint density at radius 2 is 2.12 bits per heavy atom. The maximum Gasteiger partial charge on any atom is 0.147 e. The summed E-state index contributed by atoms with van der Waals surface area (Å²) in [6, 6.07) is -0.0674. The highest BCUT2D eigenvalue weighted by molar-refractivity contribution is 7.90. The summed E-state index contributed by atoms with van der Waals surface area (Å²) in [6.07, 6.45) is 4.12. The Hall–Kier alpha value is -0.170. The molecular weight excluding hydrogens is 228 g/mol. The Morgan fingerprint density at radius 1 is 1.50 bits per heavy atom. The summed E-state index contributed by atoms with van der Waals surface area (Å²) in [5.74, 6) is 6.17. The van der Waals surface area contributed by atoms with E-state index in [2.05, 4.69) is 5.43 Å². The van der Waals surface area contributed by atoms with Crippen molar-refractivity contribution >= 4 is 9.84 Å². The molecule has 0 amide bonds. The first-order chi connectivity index (χ1) is 7.48. The summed E-state index contributed by atoms with van der Waals surface area (Å²) in [7, 11) is -2.93. The minimum atomic E-state index is -2.93. The molecule has 0 aromatic heterocycles. The molecule has 0 saturated heterocycles. The van der Waals surface area contributed by atoms with Crippen LogP contribution in [-0.4, -0.2) is 39.2 Å². The molecule has 3 N–H and O–H groups in total. The fourth-order valence-electron chi connectivity index (χ4n) is 1.88. The minimum absolute atomic E-state index is 0.0525. The Labute approximate surface area is 97.6 Å². The minimum Gasteiger partial charge on any atom is -0.377 e. The van der Waals surface area contributed by atoms with E-state index in [9.17, 15) is 8.42 Å². The van der Waals surface area contributed by atoms with Gasteiger partial charge in [-0.3, -0.25) is 11.3 Å². The molecule has 0 heterocycles. The van der Waals surface area contributed by atoms with Crippen molar-refractivity contribution in [3.63, 3.8) is 0 Å². The van der Waals surface area contributed by atoms with E-state index in [1.807, 2.05) is 6.92 Å². The van der Waals surface area contributed by atoms with Gasteiger partial charge in [-0.05, 0) is 32.1 Å². The summed E-state index contributed by atoms with van der Waals surface area (Å²) in [5.41, 5.74) is 2.69. The van der Waals surface area contributed by atoms with Gasteiger partial charge in [-0.25, -0.2) is 8.42 Å². The van der Waals surface area contributed by atoms with Gasteiger partial charge in [-0.15, -0.1) is 0 Å². The molecule has 0 aromatic carbocycles. The average Bonchev–Trinajstić information content (AvgIpc) is 2.98. The van der Waals surface area contributed by atoms with Crippen LogP contribution in [0.1, 0.15) is 26.2 Å². The van der Waals surface area contributed by atoms with Crippen LogP contribution in [-0.2, 0) is 14.6 Å². The lowest BCUT2D eigenvalue weighted by Gasteiger charge is -2.26. The van der Waals surface area contributed by atoms with Gasteiger partial charge >= 0.3 is 0 Å². The third-order valence-electron chi connectivity index (χ3n) is 2.86. The van der Waals surface area contributed by atoms with Gasteiger partial charge in [0.15, 0.2) is 0 Å². The molecule has 16 heavy (non-hydrogen) atoms. The highest BCUT2D eigenvalue weighted by Gasteiger charge is 2.36. The predicted molar refractivity (Wildman–Crippen MR) is 63.6 cm³/mol. The smallest absolute Gasteiger partial charge is 0.147 e. The molecular formula is C10H22N2O3S. The van der Waals surface area contributed by atoms with Crippen LogP contribution in [0.15, 0.2) is 0 Å². The highest BCUT2D eigenvalue weighted by atomic mass is 32.2. The second-order valence-electron chi connectivity index (χ2n) is 4.45. The molecule has 1 fully saturated rings. The highest BCUT2D eigenvalue weighted by Crippen LogP contribution is 2.36. The van der Waals surface area contributed by atoms with Crippen LogP contribution < -0.4 is 11.3 Å². The molecule has 0 spiro atoms. The molecule has 0 bridgehead atoms. The average molecular weight is 250 g/mol. The lowest BCUT2D eigenvalue weighted by Crippen LogP contribution is -2.47. The van der Waals surface area contributed by atoms with E-state index >= 15 is 0 Å². The Morgan fingerprint density at radius 3 is 2.50 bits per heavy atom. The summed E-state index contributed by atoms with van der Waals surface area (Å²) in [5, 5.41) is 0. The van der Waals surface area contributed by atoms with Crippen molar-refractivity contribution < 1.29 is 13.2 Å². The molecule has 1 rings (SSSR count). The standard InChI is InChI=1S/C10H22N2O3S/c1-3-15-10(8-4-5-8)9(12-11)6-7-16(2,13)14/h8-10,12H,3-7,11H2,1-2H3. The van der Waals surface area contributed by atoms with Crippen molar-refractivity contribution in [2.75, 3.05) is 18.6 Å². The number of hydrogen-bond acceptors (Lipinski definition) is 5. The molecule has 0 aliphatic heterocycles. The molecule has 1 saturated carbocycles. The SMILES string of the molecule is CCOC(C1CC1)C(CCS(C)(=O)=O)NN. The Kier molecular flexibility index (Phi) is 5.17. The topological polar surface area (TPSA) is 81.4 Å². The van der Waals surface area contributed by atoms with E-state index in [1.54, 1.807) is 0 Å². The van der Waals surface area contributed by atoms with Gasteiger partial charge in [0.2, 0.25) is 0 Å². The van der Waals surface area contributed by atoms with Crippen LogP contribution in [0.25, 0.3) is 0 Å². The fraction of sp³-hybridized carbons (Fsp3) is 1.00. The van der Waals surface area contributed by atoms with E-state index in [1.165, 1.54) is 6.26 Å². The van der Waals surface area contributed by atoms with Crippen LogP contribution >= 0.6 is 0 Å². The van der Waals surface area contributed by atoms with Crippen LogP contribution in [0, 0.1) is 5.92 Å². The van der Waals surface area contributed by atoms with Gasteiger partial charge < -0.3 is 4.74 Å². The number of nitrogens with two attached hydrogens (primary N) is 1. The van der Waals surface area contributed by atoms with E-state index in [-0.39, 0.29) is 17.9 Å². The van der Waals surface area contributed by atoms with Crippen LogP contribution in [0.5, 0.6) is 0 Å². The van der Waals surface area contributed by atoms with Gasteiger partial charge in [-0.2, -0.15) is 0 Å². The zero-order chi connectivity index (χ0) is 12.2. The van der Waals surface area contributed by atoms with Crippen molar-refractivity contribution in [2.24, 2.45) is 11.8 Å². The number of ether oxygens (including phenoxy) is 1. The number of nitrogens with one attached hydrogen (secondary N) is 1. The zero-order valence-electron chi connectivity index (χ0n) is 9.98. The van der Waals surface area contributed by atoms with Gasteiger partial charge in [-0.1, -0.05) is 0 Å². The van der Waals surface area contributed by atoms with Crippen molar-refractivity contribution in [1.29, 1.82) is 0 Å². The molecule has 5 nitrogen and oxygen atoms in total. The first-order valence-corrected chi connectivity index (χ1v) is 7.79. The third-order valence-corrected chi connectivity index (χ3v) is 3.83. The molecule has 2 unspecified atom stereocenters. The summed E-state index contributed by atoms with van der Waals surface area (Å²) in [4.78, 5) is 0. The monoisotopic (exact) mass is 250 g/mol. The molecule has 0 aromatic rings. The summed E-state index contributed by atoms with van der Waals surface area (Å²) < 4.78 is 27.9. The zero-order valence-corrected chi connectivity index (χ0v) is 10.8. The molecule has 6 heteroatoms. The summed E-state index contributed by atoms with van der Waals surface area (Å²) in [6.45, 7) is 2.58. The molecule has 0 radical (unpaired) electrons. The maximum absolute atomic E-state index is 11.1. The number of rotatable bonds is 8. The van der Waals surface area contributed by atoms with E-state index in [0.717, 1.165) is 12.8 Å². The largest absolute Gasteiger partial charge is 0.377 e. The van der Waals surface area contributed by atoms with Crippen molar-refractivity contribution in [3.05, 3.63) is 0 Å². The van der Waals surface area contributed by atoms with Gasteiger partial charge in [0, 0.05) is 18.9 Å². The lowest BCUT2D eigenvalue weighted by atomic mass is 10.0. The predicted octanol–water partition coefficient (Wildman–Crippen LogP) is 0.0681. The molecule has 96 valence electrons. The van der Waals surface area contributed by atoms with Gasteiger partial charge in [0.05, 0.1) is 11.9 Å². The van der Waals surface area contributed by atoms with Gasteiger partial charge in [0.25, 0.3) is 0 Å². The van der Waals surface area contributed by atoms with Crippen molar-refractivity contribution in [2.45, 2.75) is 38.3 Å². The second-order valence-corrected chi connectivity index (χ2v) is 6.71. The van der Waals surface area contributed by atoms with Crippen LogP contribution in [0.2, 0.25) is 0 Å². The van der Waals surface area contributed by atoms with Crippen molar-refractivity contribution in [1.82, 2.24) is 5.43 Å². The summed E-state index contributed by atoms with van der Waals surface area (Å²) >= 11 is 0. The maximum atomic E-state index is 11.1. The van der Waals surface area contributed by atoms with E-state index in [4.69, 9.17) is 10.6 Å². The van der Waals surface area contributed by atoms with Crippen LogP contribution in [0.3, 0.4) is 0 Å².